The van der Waals surface area contributed by atoms with Gasteiger partial charge in [-0.05, 0) is 62.0 Å². The van der Waals surface area contributed by atoms with E-state index in [1.807, 2.05) is 0 Å². The van der Waals surface area contributed by atoms with Gasteiger partial charge in [0.1, 0.15) is 6.29 Å². The molecule has 116 valence electrons. The zero-order chi connectivity index (χ0) is 14.9. The summed E-state index contributed by atoms with van der Waals surface area (Å²) in [4.78, 5) is 10.7. The van der Waals surface area contributed by atoms with Gasteiger partial charge in [0.2, 0.25) is 0 Å². The molecule has 0 aromatic heterocycles. The number of aldehydes is 1. The van der Waals surface area contributed by atoms with E-state index in [0.717, 1.165) is 18.8 Å². The molecule has 0 saturated heterocycles. The second kappa shape index (κ2) is 9.02. The minimum atomic E-state index is 0.364. The van der Waals surface area contributed by atoms with Crippen molar-refractivity contribution in [3.05, 3.63) is 35.4 Å². The Balaban J connectivity index is 1.60. The summed E-state index contributed by atoms with van der Waals surface area (Å²) in [6, 6.07) is 9.19. The monoisotopic (exact) mass is 286 g/mol. The molecule has 1 fully saturated rings. The van der Waals surface area contributed by atoms with E-state index in [-0.39, 0.29) is 0 Å². The molecule has 1 aliphatic rings. The summed E-state index contributed by atoms with van der Waals surface area (Å²) in [7, 11) is 0. The van der Waals surface area contributed by atoms with E-state index >= 15 is 0 Å². The van der Waals surface area contributed by atoms with Gasteiger partial charge in [0.05, 0.1) is 0 Å². The Morgan fingerprint density at radius 2 is 1.57 bits per heavy atom. The predicted molar refractivity (Wildman–Crippen MR) is 89.5 cm³/mol. The molecule has 0 amide bonds. The highest BCUT2D eigenvalue weighted by Gasteiger charge is 2.19. The SMILES string of the molecule is CCCc1ccc(CCCCC2CCC(C=O)CC2)cc1. The van der Waals surface area contributed by atoms with Crippen LogP contribution < -0.4 is 0 Å². The van der Waals surface area contributed by atoms with Gasteiger partial charge >= 0.3 is 0 Å². The summed E-state index contributed by atoms with van der Waals surface area (Å²) in [5.74, 6) is 1.25. The van der Waals surface area contributed by atoms with Crippen molar-refractivity contribution in [2.45, 2.75) is 71.1 Å². The summed E-state index contributed by atoms with van der Waals surface area (Å²) in [5, 5.41) is 0. The lowest BCUT2D eigenvalue weighted by Gasteiger charge is -2.25. The van der Waals surface area contributed by atoms with Crippen molar-refractivity contribution in [3.8, 4) is 0 Å². The van der Waals surface area contributed by atoms with Crippen molar-refractivity contribution in [2.24, 2.45) is 11.8 Å². The van der Waals surface area contributed by atoms with Crippen LogP contribution in [-0.2, 0) is 17.6 Å². The van der Waals surface area contributed by atoms with E-state index in [1.54, 1.807) is 0 Å². The zero-order valence-electron chi connectivity index (χ0n) is 13.5. The molecular weight excluding hydrogens is 256 g/mol. The third kappa shape index (κ3) is 5.65. The van der Waals surface area contributed by atoms with Gasteiger partial charge in [0.25, 0.3) is 0 Å². The first-order valence-corrected chi connectivity index (χ1v) is 8.85. The molecule has 0 bridgehead atoms. The second-order valence-corrected chi connectivity index (χ2v) is 6.73. The summed E-state index contributed by atoms with van der Waals surface area (Å²) in [6.07, 6.45) is 13.6. The highest BCUT2D eigenvalue weighted by molar-refractivity contribution is 5.53. The topological polar surface area (TPSA) is 17.1 Å². The largest absolute Gasteiger partial charge is 0.303 e. The lowest BCUT2D eigenvalue weighted by Crippen LogP contribution is -2.15. The standard InChI is InChI=1S/C20H30O/c1-2-5-17-8-10-18(11-9-17)6-3-4-7-19-12-14-20(16-21)15-13-19/h8-11,16,19-20H,2-7,12-15H2,1H3. The van der Waals surface area contributed by atoms with Crippen LogP contribution >= 0.6 is 0 Å². The zero-order valence-corrected chi connectivity index (χ0v) is 13.5. The lowest BCUT2D eigenvalue weighted by atomic mass is 9.80. The molecule has 0 spiro atoms. The van der Waals surface area contributed by atoms with Gasteiger partial charge in [0.15, 0.2) is 0 Å². The van der Waals surface area contributed by atoms with Gasteiger partial charge in [0, 0.05) is 5.92 Å². The Morgan fingerprint density at radius 1 is 0.952 bits per heavy atom. The summed E-state index contributed by atoms with van der Waals surface area (Å²) in [5.41, 5.74) is 2.95. The highest BCUT2D eigenvalue weighted by Crippen LogP contribution is 2.30. The summed E-state index contributed by atoms with van der Waals surface area (Å²) in [6.45, 7) is 2.23. The molecule has 0 aliphatic heterocycles. The maximum atomic E-state index is 10.7. The fraction of sp³-hybridized carbons (Fsp3) is 0.650. The molecule has 0 heterocycles. The van der Waals surface area contributed by atoms with Gasteiger partial charge in [-0.2, -0.15) is 0 Å². The normalized spacial score (nSPS) is 22.1. The van der Waals surface area contributed by atoms with Crippen LogP contribution in [0.1, 0.15) is 69.4 Å². The first-order valence-electron chi connectivity index (χ1n) is 8.85. The quantitative estimate of drug-likeness (QED) is 0.464. The second-order valence-electron chi connectivity index (χ2n) is 6.73. The highest BCUT2D eigenvalue weighted by atomic mass is 16.1. The predicted octanol–water partition coefficient (Wildman–Crippen LogP) is 5.36. The molecule has 0 N–H and O–H groups in total. The van der Waals surface area contributed by atoms with Gasteiger partial charge in [-0.15, -0.1) is 0 Å². The van der Waals surface area contributed by atoms with Crippen LogP contribution in [0.15, 0.2) is 24.3 Å². The Hall–Kier alpha value is -1.11. The minimum absolute atomic E-state index is 0.364. The average molecular weight is 286 g/mol. The smallest absolute Gasteiger partial charge is 0.123 e. The van der Waals surface area contributed by atoms with E-state index in [0.29, 0.717) is 5.92 Å². The number of unbranched alkanes of at least 4 members (excludes halogenated alkanes) is 1. The Labute approximate surface area is 130 Å². The van der Waals surface area contributed by atoms with Crippen LogP contribution in [0.4, 0.5) is 0 Å². The number of benzene rings is 1. The van der Waals surface area contributed by atoms with Crippen molar-refractivity contribution >= 4 is 6.29 Å². The fourth-order valence-corrected chi connectivity index (χ4v) is 3.54. The average Bonchev–Trinajstić information content (AvgIpc) is 2.54. The van der Waals surface area contributed by atoms with Gasteiger partial charge in [-0.1, -0.05) is 50.5 Å². The molecular formula is C20H30O. The molecule has 21 heavy (non-hydrogen) atoms. The van der Waals surface area contributed by atoms with E-state index < -0.39 is 0 Å². The molecule has 1 aromatic carbocycles. The maximum absolute atomic E-state index is 10.7. The van der Waals surface area contributed by atoms with E-state index in [4.69, 9.17) is 0 Å². The number of aryl methyl sites for hydroxylation is 2. The van der Waals surface area contributed by atoms with Crippen molar-refractivity contribution in [1.29, 1.82) is 0 Å². The number of hydrogen-bond donors (Lipinski definition) is 0. The fourth-order valence-electron chi connectivity index (χ4n) is 3.54. The number of carbonyl (C=O) groups excluding carboxylic acids is 1. The number of carbonyl (C=O) groups is 1. The van der Waals surface area contributed by atoms with Crippen LogP contribution in [0.25, 0.3) is 0 Å². The molecule has 1 aromatic rings. The van der Waals surface area contributed by atoms with E-state index in [1.165, 1.54) is 68.8 Å². The number of rotatable bonds is 8. The van der Waals surface area contributed by atoms with Crippen LogP contribution in [0, 0.1) is 11.8 Å². The first-order chi connectivity index (χ1) is 10.3. The van der Waals surface area contributed by atoms with Gasteiger partial charge in [-0.3, -0.25) is 0 Å². The Kier molecular flexibility index (Phi) is 6.99. The summed E-state index contributed by atoms with van der Waals surface area (Å²) >= 11 is 0. The third-order valence-electron chi connectivity index (χ3n) is 4.97. The number of hydrogen-bond acceptors (Lipinski definition) is 1. The lowest BCUT2D eigenvalue weighted by molar-refractivity contribution is -0.112. The molecule has 2 rings (SSSR count). The third-order valence-corrected chi connectivity index (χ3v) is 4.97. The van der Waals surface area contributed by atoms with Crippen LogP contribution in [0.5, 0.6) is 0 Å². The van der Waals surface area contributed by atoms with Crippen LogP contribution in [0.3, 0.4) is 0 Å². The molecule has 0 radical (unpaired) electrons. The molecule has 1 heteroatoms. The van der Waals surface area contributed by atoms with Gasteiger partial charge in [-0.25, -0.2) is 0 Å². The van der Waals surface area contributed by atoms with Crippen molar-refractivity contribution in [1.82, 2.24) is 0 Å². The first kappa shape index (κ1) is 16.3. The van der Waals surface area contributed by atoms with Crippen LogP contribution in [0.2, 0.25) is 0 Å². The van der Waals surface area contributed by atoms with E-state index in [2.05, 4.69) is 31.2 Å². The van der Waals surface area contributed by atoms with E-state index in [9.17, 15) is 4.79 Å². The minimum Gasteiger partial charge on any atom is -0.303 e. The maximum Gasteiger partial charge on any atom is 0.123 e. The Bertz CT molecular complexity index is 398. The molecule has 0 unspecified atom stereocenters. The molecule has 1 saturated carbocycles. The van der Waals surface area contributed by atoms with Crippen molar-refractivity contribution < 1.29 is 4.79 Å². The molecule has 1 nitrogen and oxygen atoms in total. The summed E-state index contributed by atoms with van der Waals surface area (Å²) < 4.78 is 0. The molecule has 0 atom stereocenters. The molecule has 1 aliphatic carbocycles. The van der Waals surface area contributed by atoms with Crippen molar-refractivity contribution in [3.63, 3.8) is 0 Å². The van der Waals surface area contributed by atoms with Crippen molar-refractivity contribution in [2.75, 3.05) is 0 Å². The van der Waals surface area contributed by atoms with Gasteiger partial charge < -0.3 is 4.79 Å². The van der Waals surface area contributed by atoms with Crippen LogP contribution in [-0.4, -0.2) is 6.29 Å². The Morgan fingerprint density at radius 3 is 2.14 bits per heavy atom.